The monoisotopic (exact) mass is 285 g/mol. The number of nitrogen functional groups attached to an aromatic ring is 1. The third-order valence-corrected chi connectivity index (χ3v) is 3.47. The lowest BCUT2D eigenvalue weighted by molar-refractivity contribution is -0.383. The molecule has 0 saturated heterocycles. The van der Waals surface area contributed by atoms with Gasteiger partial charge in [0.1, 0.15) is 18.0 Å². The SMILES string of the molecule is Nc1ccc(-c2ccc3c(c2)CNCCO3)cc1[N+](=O)[O-]. The van der Waals surface area contributed by atoms with Crippen molar-refractivity contribution in [2.75, 3.05) is 18.9 Å². The molecule has 2 aromatic rings. The first-order valence-electron chi connectivity index (χ1n) is 6.66. The molecule has 0 fully saturated rings. The van der Waals surface area contributed by atoms with Crippen LogP contribution in [0, 0.1) is 10.1 Å². The highest BCUT2D eigenvalue weighted by Gasteiger charge is 2.14. The van der Waals surface area contributed by atoms with Crippen LogP contribution in [-0.2, 0) is 6.54 Å². The summed E-state index contributed by atoms with van der Waals surface area (Å²) >= 11 is 0. The van der Waals surface area contributed by atoms with Gasteiger partial charge in [-0.3, -0.25) is 10.1 Å². The third kappa shape index (κ3) is 2.66. The van der Waals surface area contributed by atoms with Crippen molar-refractivity contribution in [3.05, 3.63) is 52.1 Å². The largest absolute Gasteiger partial charge is 0.492 e. The van der Waals surface area contributed by atoms with Gasteiger partial charge in [0.15, 0.2) is 0 Å². The number of hydrogen-bond donors (Lipinski definition) is 2. The van der Waals surface area contributed by atoms with E-state index in [1.165, 1.54) is 6.07 Å². The summed E-state index contributed by atoms with van der Waals surface area (Å²) in [6.07, 6.45) is 0. The van der Waals surface area contributed by atoms with Gasteiger partial charge < -0.3 is 15.8 Å². The molecule has 0 amide bonds. The lowest BCUT2D eigenvalue weighted by Crippen LogP contribution is -2.16. The molecule has 0 saturated carbocycles. The Kier molecular flexibility index (Phi) is 3.45. The number of nitrogens with two attached hydrogens (primary N) is 1. The van der Waals surface area contributed by atoms with Crippen molar-refractivity contribution in [2.45, 2.75) is 6.54 Å². The number of rotatable bonds is 2. The summed E-state index contributed by atoms with van der Waals surface area (Å²) in [7, 11) is 0. The molecule has 6 nitrogen and oxygen atoms in total. The molecule has 3 N–H and O–H groups in total. The molecule has 0 atom stereocenters. The first-order chi connectivity index (χ1) is 10.1. The lowest BCUT2D eigenvalue weighted by atomic mass is 10.0. The maximum absolute atomic E-state index is 11.0. The lowest BCUT2D eigenvalue weighted by Gasteiger charge is -2.09. The number of nitrogens with one attached hydrogen (secondary N) is 1. The van der Waals surface area contributed by atoms with Gasteiger partial charge in [0, 0.05) is 24.7 Å². The maximum atomic E-state index is 11.0. The zero-order valence-electron chi connectivity index (χ0n) is 11.3. The van der Waals surface area contributed by atoms with Crippen molar-refractivity contribution < 1.29 is 9.66 Å². The fourth-order valence-corrected chi connectivity index (χ4v) is 2.38. The van der Waals surface area contributed by atoms with E-state index in [1.807, 2.05) is 18.2 Å². The first-order valence-corrected chi connectivity index (χ1v) is 6.66. The summed E-state index contributed by atoms with van der Waals surface area (Å²) in [5.74, 6) is 0.855. The number of benzene rings is 2. The summed E-state index contributed by atoms with van der Waals surface area (Å²) < 4.78 is 5.63. The zero-order chi connectivity index (χ0) is 14.8. The second kappa shape index (κ2) is 5.41. The highest BCUT2D eigenvalue weighted by molar-refractivity contribution is 5.73. The van der Waals surface area contributed by atoms with Crippen molar-refractivity contribution in [1.29, 1.82) is 0 Å². The number of hydrogen-bond acceptors (Lipinski definition) is 5. The predicted molar refractivity (Wildman–Crippen MR) is 80.1 cm³/mol. The Labute approximate surface area is 121 Å². The van der Waals surface area contributed by atoms with E-state index in [1.54, 1.807) is 12.1 Å². The van der Waals surface area contributed by atoms with Gasteiger partial charge in [-0.2, -0.15) is 0 Å². The Bertz CT molecular complexity index is 701. The van der Waals surface area contributed by atoms with E-state index in [0.717, 1.165) is 35.5 Å². The average molecular weight is 285 g/mol. The molecule has 21 heavy (non-hydrogen) atoms. The Morgan fingerprint density at radius 1 is 1.19 bits per heavy atom. The normalized spacial score (nSPS) is 13.9. The molecular formula is C15H15N3O3. The molecule has 3 rings (SSSR count). The Hall–Kier alpha value is -2.60. The topological polar surface area (TPSA) is 90.4 Å². The van der Waals surface area contributed by atoms with Gasteiger partial charge in [0.2, 0.25) is 0 Å². The minimum atomic E-state index is -0.465. The van der Waals surface area contributed by atoms with E-state index in [9.17, 15) is 10.1 Å². The van der Waals surface area contributed by atoms with E-state index in [4.69, 9.17) is 10.5 Å². The minimum Gasteiger partial charge on any atom is -0.492 e. The van der Waals surface area contributed by atoms with Crippen molar-refractivity contribution in [1.82, 2.24) is 5.32 Å². The summed E-state index contributed by atoms with van der Waals surface area (Å²) in [4.78, 5) is 10.5. The molecule has 1 heterocycles. The number of ether oxygens (including phenoxy) is 1. The van der Waals surface area contributed by atoms with Crippen LogP contribution in [0.3, 0.4) is 0 Å². The number of anilines is 1. The average Bonchev–Trinajstić information content (AvgIpc) is 2.72. The van der Waals surface area contributed by atoms with Gasteiger partial charge >= 0.3 is 0 Å². The smallest absolute Gasteiger partial charge is 0.292 e. The summed E-state index contributed by atoms with van der Waals surface area (Å²) in [5.41, 5.74) is 8.44. The summed E-state index contributed by atoms with van der Waals surface area (Å²) in [5, 5.41) is 14.2. The van der Waals surface area contributed by atoms with Crippen LogP contribution in [0.4, 0.5) is 11.4 Å². The van der Waals surface area contributed by atoms with Crippen LogP contribution in [-0.4, -0.2) is 18.1 Å². The van der Waals surface area contributed by atoms with Crippen LogP contribution in [0.1, 0.15) is 5.56 Å². The van der Waals surface area contributed by atoms with Gasteiger partial charge in [-0.1, -0.05) is 12.1 Å². The van der Waals surface area contributed by atoms with Crippen LogP contribution in [0.5, 0.6) is 5.75 Å². The molecule has 0 spiro atoms. The standard InChI is InChI=1S/C15H15N3O3/c16-13-3-1-11(8-14(13)18(19)20)10-2-4-15-12(7-10)9-17-5-6-21-15/h1-4,7-8,17H,5-6,9,16H2. The van der Waals surface area contributed by atoms with E-state index >= 15 is 0 Å². The Balaban J connectivity index is 2.03. The fourth-order valence-electron chi connectivity index (χ4n) is 2.38. The molecule has 108 valence electrons. The van der Waals surface area contributed by atoms with Crippen molar-refractivity contribution in [2.24, 2.45) is 0 Å². The van der Waals surface area contributed by atoms with E-state index in [0.29, 0.717) is 6.61 Å². The number of nitro benzene ring substituents is 1. The fraction of sp³-hybridized carbons (Fsp3) is 0.200. The van der Waals surface area contributed by atoms with Crippen molar-refractivity contribution >= 4 is 11.4 Å². The second-order valence-electron chi connectivity index (χ2n) is 4.88. The molecule has 0 bridgehead atoms. The molecule has 6 heteroatoms. The molecule has 0 aliphatic carbocycles. The highest BCUT2D eigenvalue weighted by Crippen LogP contribution is 2.31. The Morgan fingerprint density at radius 3 is 2.76 bits per heavy atom. The Morgan fingerprint density at radius 2 is 1.95 bits per heavy atom. The third-order valence-electron chi connectivity index (χ3n) is 3.47. The molecular weight excluding hydrogens is 270 g/mol. The molecule has 2 aromatic carbocycles. The number of nitrogens with zero attached hydrogens (tertiary/aromatic N) is 1. The van der Waals surface area contributed by atoms with Crippen LogP contribution < -0.4 is 15.8 Å². The van der Waals surface area contributed by atoms with E-state index < -0.39 is 4.92 Å². The van der Waals surface area contributed by atoms with Crippen LogP contribution in [0.15, 0.2) is 36.4 Å². The van der Waals surface area contributed by atoms with Gasteiger partial charge in [0.05, 0.1) is 4.92 Å². The minimum absolute atomic E-state index is 0.0724. The van der Waals surface area contributed by atoms with Crippen LogP contribution in [0.2, 0.25) is 0 Å². The van der Waals surface area contributed by atoms with Gasteiger partial charge in [-0.05, 0) is 29.3 Å². The highest BCUT2D eigenvalue weighted by atomic mass is 16.6. The van der Waals surface area contributed by atoms with Crippen LogP contribution >= 0.6 is 0 Å². The summed E-state index contributed by atoms with van der Waals surface area (Å²) in [6.45, 7) is 2.16. The van der Waals surface area contributed by atoms with E-state index in [2.05, 4.69) is 5.32 Å². The zero-order valence-corrected chi connectivity index (χ0v) is 11.3. The van der Waals surface area contributed by atoms with E-state index in [-0.39, 0.29) is 11.4 Å². The van der Waals surface area contributed by atoms with Crippen molar-refractivity contribution in [3.8, 4) is 16.9 Å². The van der Waals surface area contributed by atoms with Gasteiger partial charge in [-0.15, -0.1) is 0 Å². The first kappa shape index (κ1) is 13.4. The van der Waals surface area contributed by atoms with Crippen molar-refractivity contribution in [3.63, 3.8) is 0 Å². The van der Waals surface area contributed by atoms with Gasteiger partial charge in [0.25, 0.3) is 5.69 Å². The molecule has 1 aliphatic rings. The van der Waals surface area contributed by atoms with Crippen LogP contribution in [0.25, 0.3) is 11.1 Å². The quantitative estimate of drug-likeness (QED) is 0.502. The van der Waals surface area contributed by atoms with Gasteiger partial charge in [-0.25, -0.2) is 0 Å². The molecule has 0 radical (unpaired) electrons. The molecule has 0 unspecified atom stereocenters. The number of nitro groups is 1. The second-order valence-corrected chi connectivity index (χ2v) is 4.88. The predicted octanol–water partition coefficient (Wildman–Crippen LogP) is 2.33. The summed E-state index contributed by atoms with van der Waals surface area (Å²) in [6, 6.07) is 10.6. The molecule has 1 aliphatic heterocycles. The maximum Gasteiger partial charge on any atom is 0.292 e. The number of fused-ring (bicyclic) bond motifs is 1. The molecule has 0 aromatic heterocycles.